The van der Waals surface area contributed by atoms with Gasteiger partial charge >= 0.3 is 12.1 Å². The average Bonchev–Trinajstić information content (AvgIpc) is 2.86. The molecule has 20 heavy (non-hydrogen) atoms. The van der Waals surface area contributed by atoms with Crippen LogP contribution < -0.4 is 5.32 Å². The summed E-state index contributed by atoms with van der Waals surface area (Å²) in [5.41, 5.74) is 0. The van der Waals surface area contributed by atoms with Gasteiger partial charge in [-0.2, -0.15) is 13.2 Å². The van der Waals surface area contributed by atoms with Gasteiger partial charge in [-0.15, -0.1) is 0 Å². The molecule has 0 spiro atoms. The number of rotatable bonds is 3. The molecule has 0 aliphatic carbocycles. The fourth-order valence-electron chi connectivity index (χ4n) is 3.22. The molecule has 2 unspecified atom stereocenters. The van der Waals surface area contributed by atoms with Gasteiger partial charge in [0.05, 0.1) is 13.0 Å². The number of piperidine rings is 1. The Kier molecular flexibility index (Phi) is 4.90. The molecule has 0 aromatic carbocycles. The summed E-state index contributed by atoms with van der Waals surface area (Å²) in [7, 11) is 1.35. The second kappa shape index (κ2) is 6.30. The molecule has 2 saturated heterocycles. The summed E-state index contributed by atoms with van der Waals surface area (Å²) < 4.78 is 43.4. The van der Waals surface area contributed by atoms with Crippen LogP contribution in [0.3, 0.4) is 0 Å². The van der Waals surface area contributed by atoms with E-state index in [0.717, 1.165) is 0 Å². The third-order valence-electron chi connectivity index (χ3n) is 4.23. The first-order valence-electron chi connectivity index (χ1n) is 7.03. The predicted octanol–water partition coefficient (Wildman–Crippen LogP) is 1.55. The van der Waals surface area contributed by atoms with E-state index in [9.17, 15) is 18.0 Å². The number of esters is 1. The number of ether oxygens (including phenoxy) is 1. The van der Waals surface area contributed by atoms with Gasteiger partial charge in [0.1, 0.15) is 6.04 Å². The Morgan fingerprint density at radius 2 is 2.15 bits per heavy atom. The van der Waals surface area contributed by atoms with Crippen molar-refractivity contribution in [1.29, 1.82) is 0 Å². The Bertz CT molecular complexity index is 349. The van der Waals surface area contributed by atoms with Gasteiger partial charge in [-0.3, -0.25) is 9.69 Å². The Morgan fingerprint density at radius 3 is 2.80 bits per heavy atom. The molecule has 0 radical (unpaired) electrons. The number of carbonyl (C=O) groups excluding carboxylic acids is 1. The van der Waals surface area contributed by atoms with Crippen molar-refractivity contribution in [2.75, 3.05) is 26.7 Å². The lowest BCUT2D eigenvalue weighted by atomic mass is 9.92. The number of alkyl halides is 3. The van der Waals surface area contributed by atoms with Gasteiger partial charge in [0.2, 0.25) is 0 Å². The Hall–Kier alpha value is -0.820. The fourth-order valence-corrected chi connectivity index (χ4v) is 3.22. The molecule has 0 aromatic heterocycles. The van der Waals surface area contributed by atoms with Crippen LogP contribution in [-0.2, 0) is 9.53 Å². The van der Waals surface area contributed by atoms with Crippen LogP contribution in [-0.4, -0.2) is 55.9 Å². The first-order chi connectivity index (χ1) is 9.41. The van der Waals surface area contributed by atoms with Gasteiger partial charge in [-0.1, -0.05) is 0 Å². The summed E-state index contributed by atoms with van der Waals surface area (Å²) in [5, 5.41) is 3.21. The standard InChI is InChI=1S/C13H21F3N2O2/c1-20-12(19)9-4-5-17-10(7-9)8-18-6-2-3-11(18)13(14,15)16/h9-11,17H,2-8H2,1H3/t9?,10?,11-/m1/s1. The molecule has 1 N–H and O–H groups in total. The molecule has 0 amide bonds. The first kappa shape index (κ1) is 15.6. The van der Waals surface area contributed by atoms with Crippen LogP contribution in [0.25, 0.3) is 0 Å². The first-order valence-corrected chi connectivity index (χ1v) is 7.03. The second-order valence-corrected chi connectivity index (χ2v) is 5.59. The van der Waals surface area contributed by atoms with Gasteiger partial charge in [-0.25, -0.2) is 0 Å². The third-order valence-corrected chi connectivity index (χ3v) is 4.23. The van der Waals surface area contributed by atoms with Crippen molar-refractivity contribution in [3.05, 3.63) is 0 Å². The van der Waals surface area contributed by atoms with E-state index >= 15 is 0 Å². The maximum atomic E-state index is 12.9. The zero-order valence-electron chi connectivity index (χ0n) is 11.6. The molecule has 116 valence electrons. The maximum absolute atomic E-state index is 12.9. The number of hydrogen-bond donors (Lipinski definition) is 1. The van der Waals surface area contributed by atoms with E-state index in [4.69, 9.17) is 4.74 Å². The van der Waals surface area contributed by atoms with Crippen LogP contribution in [0, 0.1) is 5.92 Å². The van der Waals surface area contributed by atoms with Crippen LogP contribution in [0.4, 0.5) is 13.2 Å². The van der Waals surface area contributed by atoms with Crippen molar-refractivity contribution < 1.29 is 22.7 Å². The molecule has 2 aliphatic rings. The molecule has 0 aromatic rings. The van der Waals surface area contributed by atoms with Crippen molar-refractivity contribution in [1.82, 2.24) is 10.2 Å². The SMILES string of the molecule is COC(=O)C1CCNC(CN2CCC[C@@H]2C(F)(F)F)C1. The highest BCUT2D eigenvalue weighted by atomic mass is 19.4. The zero-order valence-corrected chi connectivity index (χ0v) is 11.6. The predicted molar refractivity (Wildman–Crippen MR) is 67.2 cm³/mol. The van der Waals surface area contributed by atoms with Gasteiger partial charge in [-0.05, 0) is 38.8 Å². The number of nitrogens with one attached hydrogen (secondary N) is 1. The topological polar surface area (TPSA) is 41.6 Å². The molecule has 0 bridgehead atoms. The lowest BCUT2D eigenvalue weighted by Gasteiger charge is -2.34. The number of nitrogens with zero attached hydrogens (tertiary/aromatic N) is 1. The lowest BCUT2D eigenvalue weighted by molar-refractivity contribution is -0.177. The highest BCUT2D eigenvalue weighted by Gasteiger charge is 2.46. The van der Waals surface area contributed by atoms with E-state index in [0.29, 0.717) is 38.9 Å². The minimum Gasteiger partial charge on any atom is -0.469 e. The summed E-state index contributed by atoms with van der Waals surface area (Å²) in [6, 6.07) is -1.40. The number of carbonyl (C=O) groups is 1. The maximum Gasteiger partial charge on any atom is 0.404 e. The molecule has 3 atom stereocenters. The number of methoxy groups -OCH3 is 1. The minimum atomic E-state index is -4.16. The van der Waals surface area contributed by atoms with E-state index in [-0.39, 0.29) is 24.3 Å². The number of hydrogen-bond acceptors (Lipinski definition) is 4. The number of halogens is 3. The van der Waals surface area contributed by atoms with Crippen molar-refractivity contribution >= 4 is 5.97 Å². The average molecular weight is 294 g/mol. The van der Waals surface area contributed by atoms with Crippen LogP contribution >= 0.6 is 0 Å². The lowest BCUT2D eigenvalue weighted by Crippen LogP contribution is -2.51. The molecule has 2 heterocycles. The Labute approximate surface area is 116 Å². The molecular formula is C13H21F3N2O2. The third kappa shape index (κ3) is 3.63. The molecule has 4 nitrogen and oxygen atoms in total. The van der Waals surface area contributed by atoms with Gasteiger partial charge in [0, 0.05) is 12.6 Å². The molecule has 0 saturated carbocycles. The smallest absolute Gasteiger partial charge is 0.404 e. The van der Waals surface area contributed by atoms with Crippen LogP contribution in [0.2, 0.25) is 0 Å². The molecular weight excluding hydrogens is 273 g/mol. The monoisotopic (exact) mass is 294 g/mol. The van der Waals surface area contributed by atoms with Crippen LogP contribution in [0.5, 0.6) is 0 Å². The van der Waals surface area contributed by atoms with Crippen LogP contribution in [0.1, 0.15) is 25.7 Å². The highest BCUT2D eigenvalue weighted by Crippen LogP contribution is 2.33. The molecule has 7 heteroatoms. The van der Waals surface area contributed by atoms with Gasteiger partial charge in [0.15, 0.2) is 0 Å². The highest BCUT2D eigenvalue weighted by molar-refractivity contribution is 5.72. The second-order valence-electron chi connectivity index (χ2n) is 5.59. The van der Waals surface area contributed by atoms with E-state index in [1.54, 1.807) is 0 Å². The summed E-state index contributed by atoms with van der Waals surface area (Å²) in [6.45, 7) is 1.47. The van der Waals surface area contributed by atoms with E-state index < -0.39 is 12.2 Å². The summed E-state index contributed by atoms with van der Waals surface area (Å²) in [4.78, 5) is 13.0. The quantitative estimate of drug-likeness (QED) is 0.802. The fraction of sp³-hybridized carbons (Fsp3) is 0.923. The van der Waals surface area contributed by atoms with Crippen LogP contribution in [0.15, 0.2) is 0 Å². The van der Waals surface area contributed by atoms with Crippen molar-refractivity contribution in [2.45, 2.75) is 43.9 Å². The molecule has 2 fully saturated rings. The van der Waals surface area contributed by atoms with Gasteiger partial charge in [0.25, 0.3) is 0 Å². The summed E-state index contributed by atoms with van der Waals surface area (Å²) in [6.07, 6.45) is -2.17. The normalized spacial score (nSPS) is 32.3. The zero-order chi connectivity index (χ0) is 14.8. The largest absolute Gasteiger partial charge is 0.469 e. The van der Waals surface area contributed by atoms with Crippen molar-refractivity contribution in [3.8, 4) is 0 Å². The van der Waals surface area contributed by atoms with E-state index in [1.165, 1.54) is 12.0 Å². The van der Waals surface area contributed by atoms with Crippen molar-refractivity contribution in [2.24, 2.45) is 5.92 Å². The van der Waals surface area contributed by atoms with E-state index in [2.05, 4.69) is 5.32 Å². The summed E-state index contributed by atoms with van der Waals surface area (Å²) >= 11 is 0. The van der Waals surface area contributed by atoms with Gasteiger partial charge < -0.3 is 10.1 Å². The Morgan fingerprint density at radius 1 is 1.40 bits per heavy atom. The van der Waals surface area contributed by atoms with Crippen molar-refractivity contribution in [3.63, 3.8) is 0 Å². The summed E-state index contributed by atoms with van der Waals surface area (Å²) in [5.74, 6) is -0.455. The Balaban J connectivity index is 1.91. The molecule has 2 aliphatic heterocycles. The number of likely N-dealkylation sites (tertiary alicyclic amines) is 1. The molecule has 2 rings (SSSR count). The van der Waals surface area contributed by atoms with E-state index in [1.807, 2.05) is 0 Å². The minimum absolute atomic E-state index is 0.0733.